The predicted molar refractivity (Wildman–Crippen MR) is 63.5 cm³/mol. The molecule has 0 bridgehead atoms. The third-order valence-electron chi connectivity index (χ3n) is 2.08. The second kappa shape index (κ2) is 4.94. The Labute approximate surface area is 94.1 Å². The van der Waals surface area contributed by atoms with Crippen LogP contribution < -0.4 is 5.43 Å². The van der Waals surface area contributed by atoms with Gasteiger partial charge in [-0.05, 0) is 37.1 Å². The van der Waals surface area contributed by atoms with Gasteiger partial charge >= 0.3 is 0 Å². The Morgan fingerprint density at radius 2 is 2.00 bits per heavy atom. The van der Waals surface area contributed by atoms with Crippen molar-refractivity contribution in [2.75, 3.05) is 5.43 Å². The Balaban J connectivity index is 2.78. The summed E-state index contributed by atoms with van der Waals surface area (Å²) in [6, 6.07) is 5.81. The summed E-state index contributed by atoms with van der Waals surface area (Å²) in [5.41, 5.74) is 5.92. The van der Waals surface area contributed by atoms with E-state index >= 15 is 0 Å². The minimum atomic E-state index is -0.256. The maximum absolute atomic E-state index is 10.8. The van der Waals surface area contributed by atoms with Crippen LogP contribution in [0.1, 0.15) is 18.1 Å². The minimum absolute atomic E-state index is 0.0479. The van der Waals surface area contributed by atoms with Gasteiger partial charge < -0.3 is 0 Å². The molecule has 15 heavy (non-hydrogen) atoms. The SMILES string of the molecule is CC(=O)/C(Cl)=N\Nc1ccc(C)c(C)c1. The Kier molecular flexibility index (Phi) is 3.86. The van der Waals surface area contributed by atoms with E-state index in [1.165, 1.54) is 12.5 Å². The molecule has 0 unspecified atom stereocenters. The summed E-state index contributed by atoms with van der Waals surface area (Å²) < 4.78 is 0. The van der Waals surface area contributed by atoms with Crippen molar-refractivity contribution >= 4 is 28.2 Å². The largest absolute Gasteiger partial charge is 0.292 e. The molecule has 1 aromatic carbocycles. The highest BCUT2D eigenvalue weighted by Gasteiger charge is 2.00. The van der Waals surface area contributed by atoms with Gasteiger partial charge in [-0.15, -0.1) is 0 Å². The molecule has 3 nitrogen and oxygen atoms in total. The van der Waals surface area contributed by atoms with E-state index in [9.17, 15) is 4.79 Å². The molecule has 0 aromatic heterocycles. The molecule has 0 aliphatic rings. The van der Waals surface area contributed by atoms with Crippen LogP contribution in [0.2, 0.25) is 0 Å². The van der Waals surface area contributed by atoms with E-state index in [-0.39, 0.29) is 11.0 Å². The van der Waals surface area contributed by atoms with E-state index in [2.05, 4.69) is 10.5 Å². The van der Waals surface area contributed by atoms with Gasteiger partial charge in [-0.1, -0.05) is 17.7 Å². The number of ketones is 1. The molecule has 4 heteroatoms. The number of carbonyl (C=O) groups excluding carboxylic acids is 1. The molecule has 0 atom stereocenters. The maximum Gasteiger partial charge on any atom is 0.191 e. The van der Waals surface area contributed by atoms with Crippen molar-refractivity contribution in [3.8, 4) is 0 Å². The van der Waals surface area contributed by atoms with Crippen LogP contribution in [0.5, 0.6) is 0 Å². The van der Waals surface area contributed by atoms with Crippen LogP contribution >= 0.6 is 11.6 Å². The average molecular weight is 225 g/mol. The van der Waals surface area contributed by atoms with Gasteiger partial charge in [0.05, 0.1) is 5.69 Å². The summed E-state index contributed by atoms with van der Waals surface area (Å²) in [5, 5.41) is 3.70. The number of hydrogen-bond donors (Lipinski definition) is 1. The van der Waals surface area contributed by atoms with Gasteiger partial charge in [0.15, 0.2) is 11.0 Å². The zero-order valence-electron chi connectivity index (χ0n) is 8.97. The zero-order chi connectivity index (χ0) is 11.4. The van der Waals surface area contributed by atoms with Crippen LogP contribution in [0.4, 0.5) is 5.69 Å². The van der Waals surface area contributed by atoms with Gasteiger partial charge in [0, 0.05) is 6.92 Å². The number of Topliss-reactive ketones (excluding diaryl/α,β-unsaturated/α-hetero) is 1. The fourth-order valence-electron chi connectivity index (χ4n) is 1.00. The topological polar surface area (TPSA) is 41.5 Å². The van der Waals surface area contributed by atoms with E-state index in [4.69, 9.17) is 11.6 Å². The molecule has 0 amide bonds. The quantitative estimate of drug-likeness (QED) is 0.634. The van der Waals surface area contributed by atoms with Gasteiger partial charge in [0.25, 0.3) is 0 Å². The fourth-order valence-corrected chi connectivity index (χ4v) is 1.05. The first-order valence-corrected chi connectivity index (χ1v) is 4.96. The molecule has 80 valence electrons. The van der Waals surface area contributed by atoms with E-state index < -0.39 is 0 Å². The lowest BCUT2D eigenvalue weighted by molar-refractivity contribution is -0.110. The van der Waals surface area contributed by atoms with Crippen LogP contribution in [0.3, 0.4) is 0 Å². The monoisotopic (exact) mass is 224 g/mol. The highest BCUT2D eigenvalue weighted by Crippen LogP contribution is 2.14. The molecule has 0 fully saturated rings. The van der Waals surface area contributed by atoms with E-state index in [1.807, 2.05) is 32.0 Å². The number of anilines is 1. The Morgan fingerprint density at radius 3 is 2.53 bits per heavy atom. The van der Waals surface area contributed by atoms with E-state index in [1.54, 1.807) is 0 Å². The number of nitrogens with one attached hydrogen (secondary N) is 1. The van der Waals surface area contributed by atoms with Crippen LogP contribution in [0, 0.1) is 13.8 Å². The number of hydrazone groups is 1. The molecule has 0 aliphatic heterocycles. The minimum Gasteiger partial charge on any atom is -0.292 e. The molecule has 0 saturated carbocycles. The fraction of sp³-hybridized carbons (Fsp3) is 0.273. The summed E-state index contributed by atoms with van der Waals surface area (Å²) in [6.07, 6.45) is 0. The smallest absolute Gasteiger partial charge is 0.191 e. The normalized spacial score (nSPS) is 11.3. The Bertz CT molecular complexity index is 413. The second-order valence-electron chi connectivity index (χ2n) is 3.37. The number of carbonyl (C=O) groups is 1. The standard InChI is InChI=1S/C11H13ClN2O/c1-7-4-5-10(6-8(7)2)13-14-11(12)9(3)15/h4-6,13H,1-3H3/b14-11+. The molecule has 0 aliphatic carbocycles. The molecular weight excluding hydrogens is 212 g/mol. The molecule has 0 saturated heterocycles. The summed E-state index contributed by atoms with van der Waals surface area (Å²) in [6.45, 7) is 5.41. The van der Waals surface area contributed by atoms with Crippen molar-refractivity contribution < 1.29 is 4.79 Å². The number of hydrogen-bond acceptors (Lipinski definition) is 3. The van der Waals surface area contributed by atoms with Crippen LogP contribution in [-0.4, -0.2) is 11.0 Å². The zero-order valence-corrected chi connectivity index (χ0v) is 9.72. The molecule has 1 aromatic rings. The van der Waals surface area contributed by atoms with Crippen LogP contribution in [0.25, 0.3) is 0 Å². The highest BCUT2D eigenvalue weighted by atomic mass is 35.5. The Morgan fingerprint density at radius 1 is 1.33 bits per heavy atom. The van der Waals surface area contributed by atoms with Crippen molar-refractivity contribution in [1.82, 2.24) is 0 Å². The Hall–Kier alpha value is -1.35. The maximum atomic E-state index is 10.8. The summed E-state index contributed by atoms with van der Waals surface area (Å²) in [5.74, 6) is -0.256. The van der Waals surface area contributed by atoms with Crippen molar-refractivity contribution in [3.63, 3.8) is 0 Å². The third-order valence-corrected chi connectivity index (χ3v) is 2.43. The average Bonchev–Trinajstić information content (AvgIpc) is 2.19. The number of benzene rings is 1. The van der Waals surface area contributed by atoms with Crippen molar-refractivity contribution in [2.45, 2.75) is 20.8 Å². The number of aryl methyl sites for hydroxylation is 2. The van der Waals surface area contributed by atoms with Crippen LogP contribution in [0.15, 0.2) is 23.3 Å². The van der Waals surface area contributed by atoms with Gasteiger partial charge in [-0.2, -0.15) is 5.10 Å². The number of nitrogens with zero attached hydrogens (tertiary/aromatic N) is 1. The third kappa shape index (κ3) is 3.36. The lowest BCUT2D eigenvalue weighted by Gasteiger charge is -2.04. The number of halogens is 1. The van der Waals surface area contributed by atoms with Crippen molar-refractivity contribution in [1.29, 1.82) is 0 Å². The summed E-state index contributed by atoms with van der Waals surface area (Å²) in [7, 11) is 0. The van der Waals surface area contributed by atoms with Crippen molar-refractivity contribution in [2.24, 2.45) is 5.10 Å². The summed E-state index contributed by atoms with van der Waals surface area (Å²) >= 11 is 5.57. The van der Waals surface area contributed by atoms with Gasteiger partial charge in [0.2, 0.25) is 0 Å². The molecule has 0 heterocycles. The summed E-state index contributed by atoms with van der Waals surface area (Å²) in [4.78, 5) is 10.8. The predicted octanol–water partition coefficient (Wildman–Crippen LogP) is 2.86. The van der Waals surface area contributed by atoms with Gasteiger partial charge in [-0.25, -0.2) is 0 Å². The molecule has 0 spiro atoms. The first kappa shape index (κ1) is 11.7. The molecule has 1 rings (SSSR count). The van der Waals surface area contributed by atoms with E-state index in [0.29, 0.717) is 0 Å². The molecular formula is C11H13ClN2O. The molecule has 1 N–H and O–H groups in total. The lowest BCUT2D eigenvalue weighted by atomic mass is 10.1. The van der Waals surface area contributed by atoms with Gasteiger partial charge in [0.1, 0.15) is 0 Å². The van der Waals surface area contributed by atoms with Gasteiger partial charge in [-0.3, -0.25) is 10.2 Å². The first-order chi connectivity index (χ1) is 7.00. The second-order valence-corrected chi connectivity index (χ2v) is 3.73. The lowest BCUT2D eigenvalue weighted by Crippen LogP contribution is -2.04. The first-order valence-electron chi connectivity index (χ1n) is 4.58. The molecule has 0 radical (unpaired) electrons. The van der Waals surface area contributed by atoms with Crippen LogP contribution in [-0.2, 0) is 4.79 Å². The van der Waals surface area contributed by atoms with E-state index in [0.717, 1.165) is 11.3 Å². The van der Waals surface area contributed by atoms with Crippen molar-refractivity contribution in [3.05, 3.63) is 29.3 Å². The highest BCUT2D eigenvalue weighted by molar-refractivity contribution is 6.82. The number of rotatable bonds is 3.